The third-order valence-electron chi connectivity index (χ3n) is 2.11. The zero-order chi connectivity index (χ0) is 12.4. The van der Waals surface area contributed by atoms with Crippen molar-refractivity contribution >= 4 is 23.5 Å². The molecule has 0 unspecified atom stereocenters. The average molecular weight is 234 g/mol. The molecule has 17 heavy (non-hydrogen) atoms. The number of ether oxygens (including phenoxy) is 1. The molecule has 1 heterocycles. The highest BCUT2D eigenvalue weighted by molar-refractivity contribution is 6.09. The number of para-hydroxylation sites is 1. The smallest absolute Gasteiger partial charge is 0.282 e. The molecule has 0 radical (unpaired) electrons. The highest BCUT2D eigenvalue weighted by Gasteiger charge is 2.22. The lowest BCUT2D eigenvalue weighted by Crippen LogP contribution is -2.28. The van der Waals surface area contributed by atoms with Gasteiger partial charge in [0.15, 0.2) is 12.6 Å². The molecule has 0 saturated heterocycles. The first-order valence-corrected chi connectivity index (χ1v) is 4.77. The topological polar surface area (TPSA) is 120 Å². The summed E-state index contributed by atoms with van der Waals surface area (Å²) in [5.41, 5.74) is 10.7. The Morgan fingerprint density at radius 3 is 2.88 bits per heavy atom. The van der Waals surface area contributed by atoms with Crippen LogP contribution in [0.2, 0.25) is 0 Å². The van der Waals surface area contributed by atoms with Crippen LogP contribution in [0.3, 0.4) is 0 Å². The van der Waals surface area contributed by atoms with Crippen molar-refractivity contribution in [1.29, 1.82) is 0 Å². The van der Waals surface area contributed by atoms with E-state index in [2.05, 4.69) is 10.3 Å². The number of aliphatic imine (C=N–C) groups is 1. The van der Waals surface area contributed by atoms with E-state index in [1.54, 1.807) is 12.1 Å². The van der Waals surface area contributed by atoms with Crippen LogP contribution in [0.4, 0.5) is 5.69 Å². The molecule has 0 atom stereocenters. The Bertz CT molecular complexity index is 520. The van der Waals surface area contributed by atoms with Crippen LogP contribution in [0.25, 0.3) is 0 Å². The van der Waals surface area contributed by atoms with Crippen LogP contribution < -0.4 is 21.5 Å². The van der Waals surface area contributed by atoms with Gasteiger partial charge in [-0.05, 0) is 12.1 Å². The van der Waals surface area contributed by atoms with E-state index >= 15 is 0 Å². The van der Waals surface area contributed by atoms with Crippen LogP contribution in [0.1, 0.15) is 10.4 Å². The van der Waals surface area contributed by atoms with Crippen molar-refractivity contribution in [3.63, 3.8) is 0 Å². The van der Waals surface area contributed by atoms with Gasteiger partial charge in [0.2, 0.25) is 0 Å². The van der Waals surface area contributed by atoms with E-state index in [9.17, 15) is 9.59 Å². The van der Waals surface area contributed by atoms with Gasteiger partial charge in [-0.15, -0.1) is 0 Å². The van der Waals surface area contributed by atoms with Gasteiger partial charge in [0.25, 0.3) is 11.8 Å². The lowest BCUT2D eigenvalue weighted by atomic mass is 10.1. The molecule has 5 N–H and O–H groups in total. The van der Waals surface area contributed by atoms with E-state index in [1.807, 2.05) is 0 Å². The van der Waals surface area contributed by atoms with Gasteiger partial charge in [0.05, 0.1) is 11.3 Å². The number of fused-ring (bicyclic) bond motifs is 1. The van der Waals surface area contributed by atoms with E-state index < -0.39 is 5.91 Å². The minimum absolute atomic E-state index is 0.0764. The first-order chi connectivity index (χ1) is 8.08. The van der Waals surface area contributed by atoms with E-state index in [0.717, 1.165) is 0 Å². The van der Waals surface area contributed by atoms with Crippen LogP contribution in [-0.2, 0) is 4.79 Å². The van der Waals surface area contributed by atoms with E-state index in [1.165, 1.54) is 6.07 Å². The number of nitrogens with one attached hydrogen (secondary N) is 1. The quantitative estimate of drug-likeness (QED) is 0.444. The van der Waals surface area contributed by atoms with Crippen molar-refractivity contribution in [2.45, 2.75) is 0 Å². The van der Waals surface area contributed by atoms with Crippen molar-refractivity contribution in [1.82, 2.24) is 0 Å². The maximum Gasteiger partial charge on any atom is 0.282 e. The lowest BCUT2D eigenvalue weighted by molar-refractivity contribution is -0.118. The number of rotatable bonds is 1. The number of amides is 2. The van der Waals surface area contributed by atoms with Gasteiger partial charge in [0, 0.05) is 0 Å². The lowest BCUT2D eigenvalue weighted by Gasteiger charge is -2.19. The molecule has 0 spiro atoms. The number of hydrogen-bond acceptors (Lipinski definition) is 3. The van der Waals surface area contributed by atoms with E-state index in [4.69, 9.17) is 16.2 Å². The van der Waals surface area contributed by atoms with Gasteiger partial charge in [-0.3, -0.25) is 9.59 Å². The van der Waals surface area contributed by atoms with Crippen LogP contribution in [0.5, 0.6) is 5.75 Å². The summed E-state index contributed by atoms with van der Waals surface area (Å²) >= 11 is 0. The molecule has 0 saturated carbocycles. The van der Waals surface area contributed by atoms with Gasteiger partial charge < -0.3 is 21.5 Å². The summed E-state index contributed by atoms with van der Waals surface area (Å²) in [6.45, 7) is -0.0764. The molecule has 88 valence electrons. The van der Waals surface area contributed by atoms with Crippen molar-refractivity contribution in [2.24, 2.45) is 16.5 Å². The van der Waals surface area contributed by atoms with Gasteiger partial charge in [-0.2, -0.15) is 4.99 Å². The van der Waals surface area contributed by atoms with Gasteiger partial charge >= 0.3 is 0 Å². The zero-order valence-electron chi connectivity index (χ0n) is 8.77. The summed E-state index contributed by atoms with van der Waals surface area (Å²) < 4.78 is 5.16. The maximum absolute atomic E-state index is 11.7. The molecule has 1 aliphatic rings. The number of nitrogens with two attached hydrogens (primary N) is 2. The fourth-order valence-electron chi connectivity index (χ4n) is 1.45. The Labute approximate surface area is 96.4 Å². The Morgan fingerprint density at radius 1 is 1.41 bits per heavy atom. The van der Waals surface area contributed by atoms with E-state index in [-0.39, 0.29) is 24.0 Å². The minimum atomic E-state index is -0.632. The molecule has 1 aliphatic heterocycles. The van der Waals surface area contributed by atoms with Crippen LogP contribution >= 0.6 is 0 Å². The Hall–Kier alpha value is -2.57. The summed E-state index contributed by atoms with van der Waals surface area (Å²) in [6.07, 6.45) is 0. The fourth-order valence-corrected chi connectivity index (χ4v) is 1.45. The summed E-state index contributed by atoms with van der Waals surface area (Å²) in [7, 11) is 0. The normalized spacial score (nSPS) is 13.1. The number of carbonyl (C=O) groups is 2. The Morgan fingerprint density at radius 2 is 2.18 bits per heavy atom. The minimum Gasteiger partial charge on any atom is -0.482 e. The van der Waals surface area contributed by atoms with E-state index in [0.29, 0.717) is 11.4 Å². The third kappa shape index (κ3) is 2.17. The van der Waals surface area contributed by atoms with Crippen molar-refractivity contribution in [3.05, 3.63) is 23.8 Å². The SMILES string of the molecule is NC(N)=NC(=O)c1cccc2c1NC(=O)CO2. The molecule has 0 fully saturated rings. The van der Waals surface area contributed by atoms with Crippen molar-refractivity contribution in [2.75, 3.05) is 11.9 Å². The Kier molecular flexibility index (Phi) is 2.65. The maximum atomic E-state index is 11.7. The molecular formula is C10H10N4O3. The zero-order valence-corrected chi connectivity index (χ0v) is 8.77. The third-order valence-corrected chi connectivity index (χ3v) is 2.11. The summed E-state index contributed by atoms with van der Waals surface area (Å²) in [4.78, 5) is 26.3. The molecule has 1 aromatic carbocycles. The van der Waals surface area contributed by atoms with Crippen LogP contribution in [0.15, 0.2) is 23.2 Å². The number of benzene rings is 1. The van der Waals surface area contributed by atoms with Crippen molar-refractivity contribution < 1.29 is 14.3 Å². The number of anilines is 1. The van der Waals surface area contributed by atoms with Crippen LogP contribution in [0, 0.1) is 0 Å². The van der Waals surface area contributed by atoms with Gasteiger partial charge in [0.1, 0.15) is 5.75 Å². The monoisotopic (exact) mass is 234 g/mol. The molecular weight excluding hydrogens is 224 g/mol. The van der Waals surface area contributed by atoms with Gasteiger partial charge in [-0.25, -0.2) is 0 Å². The molecule has 7 heteroatoms. The molecule has 7 nitrogen and oxygen atoms in total. The number of hydrogen-bond donors (Lipinski definition) is 3. The second-order valence-corrected chi connectivity index (χ2v) is 3.36. The standard InChI is InChI=1S/C10H10N4O3/c11-10(12)14-9(16)5-2-1-3-6-8(5)13-7(15)4-17-6/h1-3H,4H2,(H,13,15)(H4,11,12,14,16). The van der Waals surface area contributed by atoms with Crippen molar-refractivity contribution in [3.8, 4) is 5.75 Å². The molecule has 0 aliphatic carbocycles. The molecule has 2 rings (SSSR count). The summed E-state index contributed by atoms with van der Waals surface area (Å²) in [5.74, 6) is -0.882. The van der Waals surface area contributed by atoms with Gasteiger partial charge in [-0.1, -0.05) is 6.07 Å². The fraction of sp³-hybridized carbons (Fsp3) is 0.100. The Balaban J connectivity index is 2.45. The average Bonchev–Trinajstić information content (AvgIpc) is 2.27. The largest absolute Gasteiger partial charge is 0.482 e. The summed E-state index contributed by atoms with van der Waals surface area (Å²) in [5, 5.41) is 2.55. The summed E-state index contributed by atoms with van der Waals surface area (Å²) in [6, 6.07) is 4.76. The second kappa shape index (κ2) is 4.12. The predicted octanol–water partition coefficient (Wildman–Crippen LogP) is -0.569. The number of nitrogens with zero attached hydrogens (tertiary/aromatic N) is 1. The first kappa shape index (κ1) is 10.9. The van der Waals surface area contributed by atoms with Crippen LogP contribution in [-0.4, -0.2) is 24.4 Å². The molecule has 0 aromatic heterocycles. The predicted molar refractivity (Wildman–Crippen MR) is 60.7 cm³/mol. The highest BCUT2D eigenvalue weighted by Crippen LogP contribution is 2.31. The molecule has 2 amide bonds. The second-order valence-electron chi connectivity index (χ2n) is 3.36. The number of guanidine groups is 1. The molecule has 0 bridgehead atoms. The molecule has 1 aromatic rings. The first-order valence-electron chi connectivity index (χ1n) is 4.77. The highest BCUT2D eigenvalue weighted by atomic mass is 16.5. The number of carbonyl (C=O) groups excluding carboxylic acids is 2.